The number of aromatic nitrogens is 1. The number of allylic oxidation sites excluding steroid dienone is 1. The minimum atomic E-state index is -0.648. The van der Waals surface area contributed by atoms with E-state index in [1.54, 1.807) is 32.9 Å². The van der Waals surface area contributed by atoms with E-state index in [-0.39, 0.29) is 12.4 Å². The number of hydrogen-bond donors (Lipinski definition) is 1. The molecule has 7 heteroatoms. The largest absolute Gasteiger partial charge is 0.463 e. The average molecular weight is 373 g/mol. The lowest BCUT2D eigenvalue weighted by molar-refractivity contribution is -0.138. The zero-order chi connectivity index (χ0) is 18.8. The van der Waals surface area contributed by atoms with Gasteiger partial charge in [0.2, 0.25) is 0 Å². The monoisotopic (exact) mass is 373 g/mol. The molecule has 1 N–H and O–H groups in total. The van der Waals surface area contributed by atoms with Crippen LogP contribution >= 0.6 is 11.3 Å². The molecule has 1 aliphatic heterocycles. The first-order valence-corrected chi connectivity index (χ1v) is 9.20. The summed E-state index contributed by atoms with van der Waals surface area (Å²) in [6.07, 6.45) is 0. The molecule has 0 amide bonds. The summed E-state index contributed by atoms with van der Waals surface area (Å²) in [5.74, 6) is -0.213. The highest BCUT2D eigenvalue weighted by Crippen LogP contribution is 2.35. The van der Waals surface area contributed by atoms with Crippen LogP contribution < -0.4 is 5.32 Å². The number of aryl methyl sites for hydroxylation is 1. The molecule has 0 spiro atoms. The van der Waals surface area contributed by atoms with E-state index in [2.05, 4.69) is 10.3 Å². The maximum absolute atomic E-state index is 14.1. The predicted molar refractivity (Wildman–Crippen MR) is 99.7 cm³/mol. The van der Waals surface area contributed by atoms with Crippen LogP contribution in [-0.4, -0.2) is 23.4 Å². The average Bonchev–Trinajstić information content (AvgIpc) is 3.03. The number of ether oxygens (including phenoxy) is 1. The summed E-state index contributed by atoms with van der Waals surface area (Å²) in [5.41, 5.74) is 3.02. The summed E-state index contributed by atoms with van der Waals surface area (Å²) >= 11 is 1.47. The molecule has 0 saturated heterocycles. The molecular formula is C19H20FN3O2S. The Morgan fingerprint density at radius 1 is 1.35 bits per heavy atom. The van der Waals surface area contributed by atoms with Gasteiger partial charge in [-0.05, 0) is 44.9 Å². The smallest absolute Gasteiger partial charge is 0.338 e. The van der Waals surface area contributed by atoms with Gasteiger partial charge in [0, 0.05) is 16.8 Å². The van der Waals surface area contributed by atoms with Crippen LogP contribution in [0.15, 0.2) is 39.8 Å². The molecule has 136 valence electrons. The molecule has 1 aromatic carbocycles. The number of nitrogens with zero attached hydrogens (tertiary/aromatic N) is 2. The van der Waals surface area contributed by atoms with Crippen LogP contribution in [0.5, 0.6) is 0 Å². The molecule has 1 atom stereocenters. The van der Waals surface area contributed by atoms with Gasteiger partial charge in [0.15, 0.2) is 10.8 Å². The molecule has 3 rings (SSSR count). The maximum atomic E-state index is 14.1. The number of esters is 1. The first-order valence-electron chi connectivity index (χ1n) is 8.32. The fourth-order valence-corrected chi connectivity index (χ4v) is 3.61. The number of benzene rings is 1. The Hall–Kier alpha value is -2.54. The van der Waals surface area contributed by atoms with Gasteiger partial charge in [0.05, 0.1) is 12.2 Å². The van der Waals surface area contributed by atoms with Gasteiger partial charge in [-0.15, -0.1) is 11.3 Å². The number of hydrogen-bond acceptors (Lipinski definition) is 6. The predicted octanol–water partition coefficient (Wildman–Crippen LogP) is 3.83. The third-order valence-electron chi connectivity index (χ3n) is 4.16. The summed E-state index contributed by atoms with van der Waals surface area (Å²) in [4.78, 5) is 21.7. The standard InChI is InChI=1S/C19H20FN3O2S/c1-5-25-19(24)15-12(4)22-17(18-21-10(2)9-26-18)23-16(15)13-7-6-8-14(20)11(13)3/h6-9,16H,5H2,1-4H3,(H,22,23). The number of amidine groups is 1. The number of nitrogens with one attached hydrogen (secondary N) is 1. The topological polar surface area (TPSA) is 63.6 Å². The number of carbonyl (C=O) groups is 1. The van der Waals surface area contributed by atoms with Crippen LogP contribution in [0, 0.1) is 19.7 Å². The molecule has 0 aliphatic carbocycles. The van der Waals surface area contributed by atoms with Crippen molar-refractivity contribution >= 4 is 23.1 Å². The van der Waals surface area contributed by atoms with Gasteiger partial charge < -0.3 is 10.1 Å². The lowest BCUT2D eigenvalue weighted by atomic mass is 9.92. The van der Waals surface area contributed by atoms with Gasteiger partial charge in [-0.25, -0.2) is 14.2 Å². The van der Waals surface area contributed by atoms with E-state index in [0.29, 0.717) is 28.2 Å². The van der Waals surface area contributed by atoms with Crippen molar-refractivity contribution in [3.63, 3.8) is 0 Å². The molecule has 0 radical (unpaired) electrons. The van der Waals surface area contributed by atoms with E-state index in [0.717, 1.165) is 10.7 Å². The number of thiazole rings is 1. The van der Waals surface area contributed by atoms with Crippen LogP contribution in [0.4, 0.5) is 4.39 Å². The van der Waals surface area contributed by atoms with E-state index in [1.165, 1.54) is 17.4 Å². The van der Waals surface area contributed by atoms with E-state index in [4.69, 9.17) is 9.73 Å². The Morgan fingerprint density at radius 3 is 2.77 bits per heavy atom. The summed E-state index contributed by atoms with van der Waals surface area (Å²) in [6.45, 7) is 7.40. The van der Waals surface area contributed by atoms with Crippen LogP contribution in [0.2, 0.25) is 0 Å². The molecule has 2 aromatic rings. The highest BCUT2D eigenvalue weighted by atomic mass is 32.1. The molecule has 0 saturated carbocycles. The van der Waals surface area contributed by atoms with Gasteiger partial charge in [-0.1, -0.05) is 12.1 Å². The molecule has 1 aromatic heterocycles. The van der Waals surface area contributed by atoms with Gasteiger partial charge in [-0.3, -0.25) is 4.99 Å². The van der Waals surface area contributed by atoms with Crippen molar-refractivity contribution < 1.29 is 13.9 Å². The Labute approximate surface area is 155 Å². The molecule has 26 heavy (non-hydrogen) atoms. The minimum absolute atomic E-state index is 0.257. The Kier molecular flexibility index (Phi) is 5.18. The first kappa shape index (κ1) is 18.3. The Morgan fingerprint density at radius 2 is 2.12 bits per heavy atom. The van der Waals surface area contributed by atoms with E-state index in [9.17, 15) is 9.18 Å². The number of carbonyl (C=O) groups excluding carboxylic acids is 1. The van der Waals surface area contributed by atoms with Crippen LogP contribution in [0.25, 0.3) is 0 Å². The summed E-state index contributed by atoms with van der Waals surface area (Å²) in [5, 5.41) is 5.81. The van der Waals surface area contributed by atoms with Crippen LogP contribution in [-0.2, 0) is 9.53 Å². The molecule has 2 heterocycles. The Balaban J connectivity index is 2.13. The van der Waals surface area contributed by atoms with Gasteiger partial charge in [-0.2, -0.15) is 0 Å². The quantitative estimate of drug-likeness (QED) is 0.828. The first-order chi connectivity index (χ1) is 12.4. The second kappa shape index (κ2) is 7.37. The lowest BCUT2D eigenvalue weighted by Crippen LogP contribution is -2.33. The second-order valence-electron chi connectivity index (χ2n) is 6.01. The summed E-state index contributed by atoms with van der Waals surface area (Å²) < 4.78 is 19.3. The Bertz CT molecular complexity index is 917. The number of aliphatic imine (C=N–C) groups is 1. The minimum Gasteiger partial charge on any atom is -0.463 e. The van der Waals surface area contributed by atoms with Crippen LogP contribution in [0.3, 0.4) is 0 Å². The lowest BCUT2D eigenvalue weighted by Gasteiger charge is -2.26. The van der Waals surface area contributed by atoms with E-state index in [1.807, 2.05) is 12.3 Å². The normalized spacial score (nSPS) is 17.0. The van der Waals surface area contributed by atoms with E-state index < -0.39 is 12.0 Å². The second-order valence-corrected chi connectivity index (χ2v) is 6.87. The fraction of sp³-hybridized carbons (Fsp3) is 0.316. The maximum Gasteiger partial charge on any atom is 0.338 e. The molecule has 0 fully saturated rings. The van der Waals surface area contributed by atoms with Gasteiger partial charge in [0.1, 0.15) is 11.9 Å². The highest BCUT2D eigenvalue weighted by Gasteiger charge is 2.32. The highest BCUT2D eigenvalue weighted by molar-refractivity contribution is 7.11. The van der Waals surface area contributed by atoms with Crippen molar-refractivity contribution in [3.8, 4) is 0 Å². The van der Waals surface area contributed by atoms with Crippen molar-refractivity contribution in [2.75, 3.05) is 6.61 Å². The molecule has 1 aliphatic rings. The van der Waals surface area contributed by atoms with Crippen molar-refractivity contribution in [1.29, 1.82) is 0 Å². The van der Waals surface area contributed by atoms with Crippen molar-refractivity contribution in [1.82, 2.24) is 10.3 Å². The number of rotatable bonds is 4. The van der Waals surface area contributed by atoms with Crippen molar-refractivity contribution in [2.45, 2.75) is 33.7 Å². The molecule has 0 bridgehead atoms. The molecule has 1 unspecified atom stereocenters. The van der Waals surface area contributed by atoms with Crippen LogP contribution in [0.1, 0.15) is 41.7 Å². The third-order valence-corrected chi connectivity index (χ3v) is 5.13. The SMILES string of the molecule is CCOC(=O)C1=C(C)NC(c2nc(C)cs2)=NC1c1cccc(F)c1C. The summed E-state index contributed by atoms with van der Waals surface area (Å²) in [7, 11) is 0. The zero-order valence-electron chi connectivity index (χ0n) is 15.1. The van der Waals surface area contributed by atoms with Crippen molar-refractivity contribution in [2.24, 2.45) is 4.99 Å². The molecular weight excluding hydrogens is 353 g/mol. The van der Waals surface area contributed by atoms with E-state index >= 15 is 0 Å². The zero-order valence-corrected chi connectivity index (χ0v) is 15.9. The van der Waals surface area contributed by atoms with Crippen molar-refractivity contribution in [3.05, 3.63) is 62.5 Å². The third kappa shape index (κ3) is 3.39. The van der Waals surface area contributed by atoms with Gasteiger partial charge >= 0.3 is 5.97 Å². The summed E-state index contributed by atoms with van der Waals surface area (Å²) in [6, 6.07) is 4.16. The fourth-order valence-electron chi connectivity index (χ4n) is 2.87. The van der Waals surface area contributed by atoms with Gasteiger partial charge in [0.25, 0.3) is 0 Å². The number of halogens is 1. The molecule has 5 nitrogen and oxygen atoms in total.